The maximum absolute atomic E-state index is 2.45. The smallest absolute Gasteiger partial charge is 0.200 e. The second-order valence-electron chi connectivity index (χ2n) is 11.7. The fraction of sp³-hybridized carbons (Fsp3) is 0.303. The van der Waals surface area contributed by atoms with Gasteiger partial charge in [0.1, 0.15) is 7.05 Å². The van der Waals surface area contributed by atoms with Crippen molar-refractivity contribution < 1.29 is 4.57 Å². The molecule has 176 valence electrons. The molecule has 0 fully saturated rings. The number of fused-ring (bicyclic) bond motifs is 5. The van der Waals surface area contributed by atoms with Gasteiger partial charge >= 0.3 is 0 Å². The minimum absolute atomic E-state index is 0.205. The summed E-state index contributed by atoms with van der Waals surface area (Å²) < 4.78 is 2.36. The third kappa shape index (κ3) is 3.41. The van der Waals surface area contributed by atoms with Gasteiger partial charge in [-0.05, 0) is 69.0 Å². The summed E-state index contributed by atoms with van der Waals surface area (Å²) in [6, 6.07) is 20.7. The van der Waals surface area contributed by atoms with Gasteiger partial charge in [-0.15, -0.1) is 0 Å². The van der Waals surface area contributed by atoms with Crippen molar-refractivity contribution in [1.29, 1.82) is 0 Å². The Morgan fingerprint density at radius 2 is 1.63 bits per heavy atom. The maximum atomic E-state index is 2.45. The normalized spacial score (nSPS) is 13.3. The van der Waals surface area contributed by atoms with Crippen LogP contribution in [0.2, 0.25) is 0 Å². The van der Waals surface area contributed by atoms with E-state index >= 15 is 0 Å². The van der Waals surface area contributed by atoms with Crippen LogP contribution in [0, 0.1) is 12.3 Å². The van der Waals surface area contributed by atoms with Gasteiger partial charge in [-0.3, -0.25) is 0 Å². The fourth-order valence-corrected chi connectivity index (χ4v) is 7.44. The minimum atomic E-state index is 0.205. The van der Waals surface area contributed by atoms with E-state index < -0.39 is 0 Å². The quantitative estimate of drug-likeness (QED) is 0.178. The van der Waals surface area contributed by atoms with Crippen LogP contribution in [-0.4, -0.2) is 0 Å². The van der Waals surface area contributed by atoms with Crippen LogP contribution in [0.1, 0.15) is 57.2 Å². The Labute approximate surface area is 213 Å². The highest BCUT2D eigenvalue weighted by Crippen LogP contribution is 2.53. The van der Waals surface area contributed by atoms with Crippen molar-refractivity contribution in [3.63, 3.8) is 0 Å². The van der Waals surface area contributed by atoms with Crippen molar-refractivity contribution in [2.45, 2.75) is 63.7 Å². The van der Waals surface area contributed by atoms with E-state index in [1.807, 2.05) is 11.8 Å². The highest BCUT2D eigenvalue weighted by Gasteiger charge is 2.33. The van der Waals surface area contributed by atoms with E-state index in [-0.39, 0.29) is 5.41 Å². The first kappa shape index (κ1) is 22.6. The summed E-state index contributed by atoms with van der Waals surface area (Å²) in [5, 5.41) is 8.36. The Morgan fingerprint density at radius 3 is 2.34 bits per heavy atom. The van der Waals surface area contributed by atoms with Gasteiger partial charge in [0.05, 0.1) is 10.9 Å². The van der Waals surface area contributed by atoms with Crippen LogP contribution in [0.4, 0.5) is 0 Å². The molecule has 1 aliphatic heterocycles. The molecule has 4 aromatic carbocycles. The standard InChI is InChI=1S/C33H34NS/c1-19(2)22-14-10-11-21-17-27-30-25(29(21)22)15-16-34(7)31(30)28-20(3)23-12-8-9-13-24(23)26(32(28)35-27)18-33(4,5)6/h8-17,19H,18H2,1-7H3/q+1. The summed E-state index contributed by atoms with van der Waals surface area (Å²) in [4.78, 5) is 2.84. The summed E-state index contributed by atoms with van der Waals surface area (Å²) in [7, 11) is 2.22. The number of pyridine rings is 1. The molecule has 0 atom stereocenters. The summed E-state index contributed by atoms with van der Waals surface area (Å²) in [5.41, 5.74) is 7.33. The first-order chi connectivity index (χ1) is 16.7. The summed E-state index contributed by atoms with van der Waals surface area (Å²) in [6.45, 7) is 14.0. The number of aryl methyl sites for hydroxylation is 2. The molecule has 0 saturated heterocycles. The van der Waals surface area contributed by atoms with Crippen LogP contribution in [-0.2, 0) is 13.5 Å². The lowest BCUT2D eigenvalue weighted by atomic mass is 9.82. The Hall–Kier alpha value is -2.84. The van der Waals surface area contributed by atoms with Gasteiger partial charge in [0.2, 0.25) is 5.69 Å². The van der Waals surface area contributed by atoms with Gasteiger partial charge in [-0.2, -0.15) is 0 Å². The molecule has 2 heteroatoms. The van der Waals surface area contributed by atoms with Crippen molar-refractivity contribution in [3.8, 4) is 11.3 Å². The predicted molar refractivity (Wildman–Crippen MR) is 152 cm³/mol. The molecule has 0 N–H and O–H groups in total. The van der Waals surface area contributed by atoms with Gasteiger partial charge in [0.25, 0.3) is 0 Å². The van der Waals surface area contributed by atoms with Crippen molar-refractivity contribution >= 4 is 44.1 Å². The highest BCUT2D eigenvalue weighted by molar-refractivity contribution is 8.00. The number of hydrogen-bond acceptors (Lipinski definition) is 1. The monoisotopic (exact) mass is 476 g/mol. The average Bonchev–Trinajstić information content (AvgIpc) is 2.81. The molecule has 0 radical (unpaired) electrons. The average molecular weight is 477 g/mol. The van der Waals surface area contributed by atoms with Crippen LogP contribution in [0.15, 0.2) is 70.6 Å². The van der Waals surface area contributed by atoms with Crippen molar-refractivity contribution in [2.75, 3.05) is 0 Å². The number of aromatic nitrogens is 1. The molecule has 2 heterocycles. The van der Waals surface area contributed by atoms with Crippen LogP contribution in [0.25, 0.3) is 43.6 Å². The van der Waals surface area contributed by atoms with Crippen LogP contribution in [0.3, 0.4) is 0 Å². The largest absolute Gasteiger partial charge is 0.222 e. The molecule has 1 nitrogen and oxygen atoms in total. The zero-order chi connectivity index (χ0) is 24.6. The minimum Gasteiger partial charge on any atom is -0.200 e. The van der Waals surface area contributed by atoms with Crippen molar-refractivity contribution in [1.82, 2.24) is 0 Å². The van der Waals surface area contributed by atoms with E-state index in [9.17, 15) is 0 Å². The third-order valence-corrected chi connectivity index (χ3v) is 8.76. The number of rotatable bonds is 2. The van der Waals surface area contributed by atoms with E-state index in [4.69, 9.17) is 0 Å². The lowest BCUT2D eigenvalue weighted by Gasteiger charge is -2.28. The maximum Gasteiger partial charge on any atom is 0.222 e. The number of hydrogen-bond donors (Lipinski definition) is 0. The van der Waals surface area contributed by atoms with E-state index in [1.165, 1.54) is 70.1 Å². The van der Waals surface area contributed by atoms with Crippen LogP contribution < -0.4 is 4.57 Å². The number of benzene rings is 4. The number of nitrogens with zero attached hydrogens (tertiary/aromatic N) is 1. The molecule has 0 spiro atoms. The third-order valence-electron chi connectivity index (χ3n) is 7.57. The predicted octanol–water partition coefficient (Wildman–Crippen LogP) is 9.12. The zero-order valence-corrected chi connectivity index (χ0v) is 22.7. The molecule has 6 rings (SSSR count). The highest BCUT2D eigenvalue weighted by atomic mass is 32.2. The molecule has 0 unspecified atom stereocenters. The molecule has 0 amide bonds. The summed E-state index contributed by atoms with van der Waals surface area (Å²) in [5.74, 6) is 0.483. The van der Waals surface area contributed by atoms with Gasteiger partial charge in [0, 0.05) is 21.2 Å². The Balaban J connectivity index is 1.82. The second kappa shape index (κ2) is 7.83. The van der Waals surface area contributed by atoms with Crippen molar-refractivity contribution in [2.24, 2.45) is 12.5 Å². The molecule has 1 aromatic heterocycles. The molecule has 0 bridgehead atoms. The van der Waals surface area contributed by atoms with Crippen molar-refractivity contribution in [3.05, 3.63) is 77.5 Å². The Morgan fingerprint density at radius 1 is 0.886 bits per heavy atom. The molecular weight excluding hydrogens is 442 g/mol. The lowest BCUT2D eigenvalue weighted by Crippen LogP contribution is -2.32. The van der Waals surface area contributed by atoms with E-state index in [2.05, 4.69) is 114 Å². The van der Waals surface area contributed by atoms with E-state index in [0.29, 0.717) is 5.92 Å². The van der Waals surface area contributed by atoms with Gasteiger partial charge in [-0.25, -0.2) is 4.57 Å². The molecular formula is C33H34NS+. The van der Waals surface area contributed by atoms with Crippen LogP contribution >= 0.6 is 11.8 Å². The molecule has 1 aliphatic rings. The molecule has 5 aromatic rings. The first-order valence-corrected chi connectivity index (χ1v) is 13.6. The zero-order valence-electron chi connectivity index (χ0n) is 21.9. The molecule has 35 heavy (non-hydrogen) atoms. The second-order valence-corrected chi connectivity index (χ2v) is 12.8. The van der Waals surface area contributed by atoms with Crippen LogP contribution in [0.5, 0.6) is 0 Å². The Bertz CT molecular complexity index is 1670. The topological polar surface area (TPSA) is 3.88 Å². The van der Waals surface area contributed by atoms with E-state index in [0.717, 1.165) is 6.42 Å². The lowest BCUT2D eigenvalue weighted by molar-refractivity contribution is -0.659. The Kier molecular flexibility index (Phi) is 5.06. The van der Waals surface area contributed by atoms with E-state index in [1.54, 1.807) is 0 Å². The van der Waals surface area contributed by atoms with Gasteiger partial charge < -0.3 is 0 Å². The SMILES string of the molecule is Cc1c2c(c(CC(C)(C)C)c3ccccc13)Sc1cc3cccc(C(C)C)c3c3cc[n+](C)c-2c13. The fourth-order valence-electron chi connectivity index (χ4n) is 6.07. The molecule has 0 aliphatic carbocycles. The molecule has 0 saturated carbocycles. The first-order valence-electron chi connectivity index (χ1n) is 12.8. The summed E-state index contributed by atoms with van der Waals surface area (Å²) in [6.07, 6.45) is 3.33. The summed E-state index contributed by atoms with van der Waals surface area (Å²) >= 11 is 2.00. The van der Waals surface area contributed by atoms with Gasteiger partial charge in [-0.1, -0.05) is 88.8 Å². The van der Waals surface area contributed by atoms with Gasteiger partial charge in [0.15, 0.2) is 6.20 Å².